The molecule has 0 spiro atoms. The van der Waals surface area contributed by atoms with Crippen LogP contribution in [0.15, 0.2) is 60.7 Å². The van der Waals surface area contributed by atoms with Crippen molar-refractivity contribution >= 4 is 16.5 Å². The molecule has 0 unspecified atom stereocenters. The standard InChI is InChI=1S/C24H26FN/c1-16(21-12-13-24(25)23-5-3-2-4-22(21)23)14-17-6-7-19(15-17)18-8-10-20(26)11-9-18/h2-5,8-13,16-17,19H,6-7,14-15,26H2,1H3/t16-,17+,19+/m0/s1. The number of fused-ring (bicyclic) bond motifs is 1. The van der Waals surface area contributed by atoms with E-state index in [4.69, 9.17) is 5.73 Å². The Morgan fingerprint density at radius 2 is 1.69 bits per heavy atom. The molecular weight excluding hydrogens is 321 g/mol. The lowest BCUT2D eigenvalue weighted by Gasteiger charge is -2.19. The Morgan fingerprint density at radius 3 is 2.46 bits per heavy atom. The zero-order valence-electron chi connectivity index (χ0n) is 15.3. The Morgan fingerprint density at radius 1 is 0.962 bits per heavy atom. The van der Waals surface area contributed by atoms with E-state index in [9.17, 15) is 4.39 Å². The van der Waals surface area contributed by atoms with Gasteiger partial charge in [-0.15, -0.1) is 0 Å². The smallest absolute Gasteiger partial charge is 0.131 e. The summed E-state index contributed by atoms with van der Waals surface area (Å²) in [4.78, 5) is 0. The van der Waals surface area contributed by atoms with E-state index in [0.29, 0.717) is 11.8 Å². The molecule has 0 bridgehead atoms. The largest absolute Gasteiger partial charge is 0.399 e. The summed E-state index contributed by atoms with van der Waals surface area (Å²) in [6.07, 6.45) is 4.94. The van der Waals surface area contributed by atoms with Crippen molar-refractivity contribution in [2.75, 3.05) is 5.73 Å². The minimum Gasteiger partial charge on any atom is -0.399 e. The zero-order valence-corrected chi connectivity index (χ0v) is 15.3. The summed E-state index contributed by atoms with van der Waals surface area (Å²) < 4.78 is 14.1. The molecule has 1 aliphatic rings. The van der Waals surface area contributed by atoms with Gasteiger partial charge in [-0.2, -0.15) is 0 Å². The van der Waals surface area contributed by atoms with E-state index in [-0.39, 0.29) is 5.82 Å². The molecule has 0 heterocycles. The molecule has 1 nitrogen and oxygen atoms in total. The van der Waals surface area contributed by atoms with Crippen LogP contribution in [0.1, 0.15) is 55.6 Å². The van der Waals surface area contributed by atoms with Crippen LogP contribution in [0.25, 0.3) is 10.8 Å². The van der Waals surface area contributed by atoms with Crippen molar-refractivity contribution in [1.82, 2.24) is 0 Å². The molecule has 2 heteroatoms. The van der Waals surface area contributed by atoms with Gasteiger partial charge in [0.1, 0.15) is 5.82 Å². The van der Waals surface area contributed by atoms with E-state index in [2.05, 4.69) is 25.1 Å². The molecule has 3 aromatic carbocycles. The van der Waals surface area contributed by atoms with Crippen molar-refractivity contribution in [3.05, 3.63) is 77.6 Å². The number of halogens is 1. The lowest BCUT2D eigenvalue weighted by Crippen LogP contribution is -2.04. The Kier molecular flexibility index (Phi) is 4.67. The highest BCUT2D eigenvalue weighted by atomic mass is 19.1. The second-order valence-corrected chi connectivity index (χ2v) is 7.86. The number of nitrogens with two attached hydrogens (primary N) is 1. The van der Waals surface area contributed by atoms with Crippen LogP contribution < -0.4 is 5.73 Å². The summed E-state index contributed by atoms with van der Waals surface area (Å²) in [5, 5.41) is 1.80. The second-order valence-electron chi connectivity index (χ2n) is 7.86. The minimum absolute atomic E-state index is 0.124. The van der Waals surface area contributed by atoms with E-state index in [1.54, 1.807) is 6.07 Å². The Bertz CT molecular complexity index is 900. The SMILES string of the molecule is C[C@@H](C[C@H]1CC[C@@H](c2ccc(N)cc2)C1)c1ccc(F)c2ccccc12. The third-order valence-electron chi connectivity index (χ3n) is 6.07. The van der Waals surface area contributed by atoms with E-state index < -0.39 is 0 Å². The molecule has 0 aromatic heterocycles. The van der Waals surface area contributed by atoms with Gasteiger partial charge >= 0.3 is 0 Å². The molecule has 1 saturated carbocycles. The highest BCUT2D eigenvalue weighted by Crippen LogP contribution is 2.43. The fourth-order valence-electron chi connectivity index (χ4n) is 4.70. The van der Waals surface area contributed by atoms with Crippen molar-refractivity contribution in [2.45, 2.75) is 44.4 Å². The van der Waals surface area contributed by atoms with E-state index >= 15 is 0 Å². The Labute approximate surface area is 155 Å². The topological polar surface area (TPSA) is 26.0 Å². The molecule has 26 heavy (non-hydrogen) atoms. The third-order valence-corrected chi connectivity index (χ3v) is 6.07. The normalized spacial score (nSPS) is 21.2. The maximum absolute atomic E-state index is 14.1. The molecular formula is C24H26FN. The first kappa shape index (κ1) is 17.1. The van der Waals surface area contributed by atoms with Gasteiger partial charge in [-0.25, -0.2) is 4.39 Å². The Hall–Kier alpha value is -2.35. The van der Waals surface area contributed by atoms with Gasteiger partial charge in [0.2, 0.25) is 0 Å². The predicted octanol–water partition coefficient (Wildman–Crippen LogP) is 6.64. The zero-order chi connectivity index (χ0) is 18.1. The molecule has 3 atom stereocenters. The molecule has 0 saturated heterocycles. The highest BCUT2D eigenvalue weighted by molar-refractivity contribution is 5.86. The van der Waals surface area contributed by atoms with Crippen LogP contribution in [0.3, 0.4) is 0 Å². The van der Waals surface area contributed by atoms with Gasteiger partial charge in [0, 0.05) is 11.1 Å². The van der Waals surface area contributed by atoms with Crippen LogP contribution in [0, 0.1) is 11.7 Å². The highest BCUT2D eigenvalue weighted by Gasteiger charge is 2.27. The number of nitrogen functional groups attached to an aromatic ring is 1. The maximum atomic E-state index is 14.1. The third kappa shape index (κ3) is 3.33. The first-order valence-electron chi connectivity index (χ1n) is 9.64. The summed E-state index contributed by atoms with van der Waals surface area (Å²) >= 11 is 0. The van der Waals surface area contributed by atoms with Gasteiger partial charge < -0.3 is 5.73 Å². The molecule has 134 valence electrons. The summed E-state index contributed by atoms with van der Waals surface area (Å²) in [5.74, 6) is 1.70. The quantitative estimate of drug-likeness (QED) is 0.526. The van der Waals surface area contributed by atoms with E-state index in [0.717, 1.165) is 22.4 Å². The average molecular weight is 347 g/mol. The first-order chi connectivity index (χ1) is 12.6. The van der Waals surface area contributed by atoms with E-state index in [1.165, 1.54) is 36.8 Å². The van der Waals surface area contributed by atoms with Crippen LogP contribution in [-0.2, 0) is 0 Å². The summed E-state index contributed by atoms with van der Waals surface area (Å²) in [5.41, 5.74) is 9.34. The van der Waals surface area contributed by atoms with Crippen LogP contribution in [0.4, 0.5) is 10.1 Å². The molecule has 1 fully saturated rings. The number of benzene rings is 3. The lowest BCUT2D eigenvalue weighted by molar-refractivity contribution is 0.455. The van der Waals surface area contributed by atoms with Crippen LogP contribution >= 0.6 is 0 Å². The molecule has 0 amide bonds. The van der Waals surface area contributed by atoms with Crippen LogP contribution in [-0.4, -0.2) is 0 Å². The monoisotopic (exact) mass is 347 g/mol. The molecule has 2 N–H and O–H groups in total. The van der Waals surface area contributed by atoms with Gasteiger partial charge in [-0.1, -0.05) is 49.4 Å². The van der Waals surface area contributed by atoms with Crippen molar-refractivity contribution in [2.24, 2.45) is 5.92 Å². The molecule has 0 aliphatic heterocycles. The van der Waals surface area contributed by atoms with Crippen molar-refractivity contribution < 1.29 is 4.39 Å². The summed E-state index contributed by atoms with van der Waals surface area (Å²) in [6, 6.07) is 19.8. The Balaban J connectivity index is 1.48. The van der Waals surface area contributed by atoms with Gasteiger partial charge in [0.25, 0.3) is 0 Å². The second kappa shape index (κ2) is 7.11. The van der Waals surface area contributed by atoms with Gasteiger partial charge in [0.15, 0.2) is 0 Å². The number of hydrogen-bond donors (Lipinski definition) is 1. The summed E-state index contributed by atoms with van der Waals surface area (Å²) in [7, 11) is 0. The van der Waals surface area contributed by atoms with Crippen LogP contribution in [0.2, 0.25) is 0 Å². The van der Waals surface area contributed by atoms with Gasteiger partial charge in [-0.05, 0) is 78.1 Å². The number of rotatable bonds is 4. The van der Waals surface area contributed by atoms with Crippen molar-refractivity contribution in [3.8, 4) is 0 Å². The fourth-order valence-corrected chi connectivity index (χ4v) is 4.70. The maximum Gasteiger partial charge on any atom is 0.131 e. The summed E-state index contributed by atoms with van der Waals surface area (Å²) in [6.45, 7) is 2.29. The molecule has 4 rings (SSSR count). The molecule has 1 aliphatic carbocycles. The van der Waals surface area contributed by atoms with Gasteiger partial charge in [-0.3, -0.25) is 0 Å². The van der Waals surface area contributed by atoms with Gasteiger partial charge in [0.05, 0.1) is 0 Å². The van der Waals surface area contributed by atoms with E-state index in [1.807, 2.05) is 36.4 Å². The first-order valence-corrected chi connectivity index (χ1v) is 9.64. The number of hydrogen-bond acceptors (Lipinski definition) is 1. The lowest BCUT2D eigenvalue weighted by atomic mass is 9.86. The molecule has 3 aromatic rings. The average Bonchev–Trinajstić information content (AvgIpc) is 3.11. The molecule has 0 radical (unpaired) electrons. The minimum atomic E-state index is -0.124. The fraction of sp³-hybridized carbons (Fsp3) is 0.333. The van der Waals surface area contributed by atoms with Crippen molar-refractivity contribution in [3.63, 3.8) is 0 Å². The predicted molar refractivity (Wildman–Crippen MR) is 108 cm³/mol. The van der Waals surface area contributed by atoms with Crippen LogP contribution in [0.5, 0.6) is 0 Å². The van der Waals surface area contributed by atoms with Crippen molar-refractivity contribution in [1.29, 1.82) is 0 Å². The number of anilines is 1.